The van der Waals surface area contributed by atoms with E-state index in [1.54, 1.807) is 18.3 Å². The Morgan fingerprint density at radius 3 is 2.74 bits per heavy atom. The molecule has 2 aromatic heterocycles. The number of hydrogen-bond acceptors (Lipinski definition) is 7. The molecule has 23 heavy (non-hydrogen) atoms. The Kier molecular flexibility index (Phi) is 4.87. The molecule has 0 atom stereocenters. The van der Waals surface area contributed by atoms with Gasteiger partial charge in [-0.1, -0.05) is 5.16 Å². The predicted octanol–water partition coefficient (Wildman–Crippen LogP) is 1.17. The molecule has 3 heterocycles. The van der Waals surface area contributed by atoms with E-state index in [9.17, 15) is 4.79 Å². The highest BCUT2D eigenvalue weighted by atomic mass is 32.1. The highest BCUT2D eigenvalue weighted by molar-refractivity contribution is 7.11. The monoisotopic (exact) mass is 336 g/mol. The zero-order valence-electron chi connectivity index (χ0n) is 13.3. The number of aryl methyl sites for hydroxylation is 2. The number of hydrogen-bond donors (Lipinski definition) is 1. The van der Waals surface area contributed by atoms with E-state index in [2.05, 4.69) is 25.3 Å². The van der Waals surface area contributed by atoms with Gasteiger partial charge in [0.05, 0.1) is 11.6 Å². The third kappa shape index (κ3) is 4.26. The summed E-state index contributed by atoms with van der Waals surface area (Å²) in [4.78, 5) is 25.9. The van der Waals surface area contributed by atoms with Gasteiger partial charge in [0.25, 0.3) is 0 Å². The fraction of sp³-hybridized carbons (Fsp3) is 0.571. The Morgan fingerprint density at radius 2 is 2.13 bits per heavy atom. The average Bonchev–Trinajstić information content (AvgIpc) is 3.14. The number of nitrogens with zero attached hydrogens (tertiary/aromatic N) is 5. The minimum Gasteiger partial charge on any atom is -0.337 e. The van der Waals surface area contributed by atoms with Crippen molar-refractivity contribution in [2.24, 2.45) is 0 Å². The molecule has 1 saturated heterocycles. The molecule has 1 aliphatic rings. The SMILES string of the molecule is Cc1noc(CNC(=O)N2CCN(Cc3cnc(C)s3)CC2)n1. The van der Waals surface area contributed by atoms with Crippen molar-refractivity contribution in [1.29, 1.82) is 0 Å². The summed E-state index contributed by atoms with van der Waals surface area (Å²) in [6.45, 7) is 8.09. The lowest BCUT2D eigenvalue weighted by Crippen LogP contribution is -2.51. The van der Waals surface area contributed by atoms with Crippen LogP contribution in [-0.2, 0) is 13.1 Å². The van der Waals surface area contributed by atoms with Gasteiger partial charge in [-0.25, -0.2) is 9.78 Å². The van der Waals surface area contributed by atoms with Crippen molar-refractivity contribution in [3.8, 4) is 0 Å². The molecule has 0 spiro atoms. The molecule has 8 nitrogen and oxygen atoms in total. The summed E-state index contributed by atoms with van der Waals surface area (Å²) in [6.07, 6.45) is 1.94. The number of piperazine rings is 1. The minimum atomic E-state index is -0.0888. The largest absolute Gasteiger partial charge is 0.337 e. The summed E-state index contributed by atoms with van der Waals surface area (Å²) >= 11 is 1.73. The van der Waals surface area contributed by atoms with Crippen LogP contribution in [0.5, 0.6) is 0 Å². The van der Waals surface area contributed by atoms with Crippen molar-refractivity contribution in [2.45, 2.75) is 26.9 Å². The Balaban J connectivity index is 1.42. The van der Waals surface area contributed by atoms with Crippen LogP contribution in [0.3, 0.4) is 0 Å². The lowest BCUT2D eigenvalue weighted by atomic mass is 10.3. The van der Waals surface area contributed by atoms with Crippen LogP contribution in [0.2, 0.25) is 0 Å². The van der Waals surface area contributed by atoms with Gasteiger partial charge in [0.1, 0.15) is 0 Å². The van der Waals surface area contributed by atoms with Gasteiger partial charge in [0.15, 0.2) is 5.82 Å². The molecule has 0 saturated carbocycles. The maximum Gasteiger partial charge on any atom is 0.317 e. The number of urea groups is 1. The van der Waals surface area contributed by atoms with Crippen LogP contribution >= 0.6 is 11.3 Å². The Morgan fingerprint density at radius 1 is 1.35 bits per heavy atom. The van der Waals surface area contributed by atoms with E-state index >= 15 is 0 Å². The Hall–Kier alpha value is -2.00. The second kappa shape index (κ2) is 7.05. The summed E-state index contributed by atoms with van der Waals surface area (Å²) < 4.78 is 4.98. The van der Waals surface area contributed by atoms with Crippen molar-refractivity contribution in [2.75, 3.05) is 26.2 Å². The topological polar surface area (TPSA) is 87.4 Å². The number of carbonyl (C=O) groups excluding carboxylic acids is 1. The predicted molar refractivity (Wildman–Crippen MR) is 85.0 cm³/mol. The molecule has 0 aromatic carbocycles. The highest BCUT2D eigenvalue weighted by Crippen LogP contribution is 2.15. The van der Waals surface area contributed by atoms with Crippen molar-refractivity contribution >= 4 is 17.4 Å². The first-order valence-corrected chi connectivity index (χ1v) is 8.37. The second-order valence-corrected chi connectivity index (χ2v) is 6.82. The maximum absolute atomic E-state index is 12.1. The lowest BCUT2D eigenvalue weighted by molar-refractivity contribution is 0.135. The van der Waals surface area contributed by atoms with Gasteiger partial charge in [-0.15, -0.1) is 11.3 Å². The first-order chi connectivity index (χ1) is 11.1. The highest BCUT2D eigenvalue weighted by Gasteiger charge is 2.21. The third-order valence-electron chi connectivity index (χ3n) is 3.67. The first-order valence-electron chi connectivity index (χ1n) is 7.56. The van der Waals surface area contributed by atoms with Crippen LogP contribution in [0.1, 0.15) is 21.6 Å². The van der Waals surface area contributed by atoms with E-state index in [1.807, 2.05) is 18.0 Å². The molecule has 124 valence electrons. The molecule has 1 fully saturated rings. The molecule has 0 aliphatic carbocycles. The average molecular weight is 336 g/mol. The van der Waals surface area contributed by atoms with Crippen molar-refractivity contribution in [3.63, 3.8) is 0 Å². The molecule has 1 aliphatic heterocycles. The minimum absolute atomic E-state index is 0.0888. The normalized spacial score (nSPS) is 15.8. The smallest absolute Gasteiger partial charge is 0.317 e. The molecule has 9 heteroatoms. The second-order valence-electron chi connectivity index (χ2n) is 5.50. The summed E-state index contributed by atoms with van der Waals surface area (Å²) in [5.41, 5.74) is 0. The van der Waals surface area contributed by atoms with Crippen LogP contribution in [0.4, 0.5) is 4.79 Å². The number of amides is 2. The number of rotatable bonds is 4. The summed E-state index contributed by atoms with van der Waals surface area (Å²) in [6, 6.07) is -0.0888. The van der Waals surface area contributed by atoms with E-state index in [-0.39, 0.29) is 12.6 Å². The molecule has 0 unspecified atom stereocenters. The maximum atomic E-state index is 12.1. The van der Waals surface area contributed by atoms with Crippen molar-refractivity contribution in [1.82, 2.24) is 30.2 Å². The number of carbonyl (C=O) groups is 1. The number of nitrogens with one attached hydrogen (secondary N) is 1. The Bertz CT molecular complexity index is 662. The molecule has 2 aromatic rings. The zero-order valence-corrected chi connectivity index (χ0v) is 14.1. The van der Waals surface area contributed by atoms with Crippen molar-refractivity contribution < 1.29 is 9.32 Å². The Labute approximate surface area is 138 Å². The third-order valence-corrected chi connectivity index (χ3v) is 4.57. The molecule has 2 amide bonds. The standard InChI is InChI=1S/C14H20N6O2S/c1-10-17-13(22-18-10)8-16-14(21)20-5-3-19(4-6-20)9-12-7-15-11(2)23-12/h7H,3-6,8-9H2,1-2H3,(H,16,21). The lowest BCUT2D eigenvalue weighted by Gasteiger charge is -2.34. The van der Waals surface area contributed by atoms with E-state index in [0.717, 1.165) is 24.6 Å². The van der Waals surface area contributed by atoms with Gasteiger partial charge in [0.2, 0.25) is 5.89 Å². The molecule has 0 radical (unpaired) electrons. The number of thiazole rings is 1. The molecular formula is C14H20N6O2S. The van der Waals surface area contributed by atoms with Crippen LogP contribution in [-0.4, -0.2) is 57.1 Å². The molecule has 0 bridgehead atoms. The van der Waals surface area contributed by atoms with Gasteiger partial charge in [-0.3, -0.25) is 4.90 Å². The fourth-order valence-corrected chi connectivity index (χ4v) is 3.32. The molecule has 3 rings (SSSR count). The van der Waals surface area contributed by atoms with Crippen LogP contribution in [0.15, 0.2) is 10.7 Å². The summed E-state index contributed by atoms with van der Waals surface area (Å²) in [7, 11) is 0. The van der Waals surface area contributed by atoms with Crippen molar-refractivity contribution in [3.05, 3.63) is 27.8 Å². The first kappa shape index (κ1) is 15.9. The van der Waals surface area contributed by atoms with Crippen LogP contribution < -0.4 is 5.32 Å². The van der Waals surface area contributed by atoms with E-state index in [4.69, 9.17) is 4.52 Å². The van der Waals surface area contributed by atoms with Gasteiger partial charge < -0.3 is 14.7 Å². The summed E-state index contributed by atoms with van der Waals surface area (Å²) in [5, 5.41) is 7.60. The molecular weight excluding hydrogens is 316 g/mol. The summed E-state index contributed by atoms with van der Waals surface area (Å²) in [5.74, 6) is 0.996. The van der Waals surface area contributed by atoms with E-state index in [0.29, 0.717) is 24.8 Å². The van der Waals surface area contributed by atoms with Gasteiger partial charge in [0, 0.05) is 43.8 Å². The van der Waals surface area contributed by atoms with E-state index in [1.165, 1.54) is 4.88 Å². The quantitative estimate of drug-likeness (QED) is 0.902. The van der Waals surface area contributed by atoms with E-state index < -0.39 is 0 Å². The van der Waals surface area contributed by atoms with Gasteiger partial charge in [-0.05, 0) is 13.8 Å². The van der Waals surface area contributed by atoms with Crippen LogP contribution in [0.25, 0.3) is 0 Å². The van der Waals surface area contributed by atoms with Crippen LogP contribution in [0, 0.1) is 13.8 Å². The number of aromatic nitrogens is 3. The molecule has 1 N–H and O–H groups in total. The van der Waals surface area contributed by atoms with Gasteiger partial charge >= 0.3 is 6.03 Å². The zero-order chi connectivity index (χ0) is 16.2. The van der Waals surface area contributed by atoms with Gasteiger partial charge in [-0.2, -0.15) is 4.98 Å². The fourth-order valence-electron chi connectivity index (χ4n) is 2.48.